The van der Waals surface area contributed by atoms with Crippen molar-refractivity contribution in [2.45, 2.75) is 59.0 Å². The third kappa shape index (κ3) is 2.67. The van der Waals surface area contributed by atoms with Crippen molar-refractivity contribution in [3.05, 3.63) is 21.4 Å². The van der Waals surface area contributed by atoms with Gasteiger partial charge in [-0.3, -0.25) is 0 Å². The number of rotatable bonds is 4. The largest absolute Gasteiger partial charge is 0.309 e. The lowest BCUT2D eigenvalue weighted by atomic mass is 10.0. The Labute approximate surface area is 103 Å². The number of aryl methyl sites for hydroxylation is 2. The summed E-state index contributed by atoms with van der Waals surface area (Å²) < 4.78 is 0. The predicted molar refractivity (Wildman–Crippen MR) is 72.1 cm³/mol. The van der Waals surface area contributed by atoms with Crippen LogP contribution in [0.4, 0.5) is 0 Å². The minimum absolute atomic E-state index is 0.771. The molecule has 0 aromatic carbocycles. The van der Waals surface area contributed by atoms with Crippen LogP contribution < -0.4 is 5.32 Å². The lowest BCUT2D eigenvalue weighted by Crippen LogP contribution is -2.31. The standard InChI is InChI=1S/C14H23NS/c1-4-12-6-5-7-14(12)15-9-13-8-10(2)11(3)16-13/h8,12,14-15H,4-7,9H2,1-3H3. The Morgan fingerprint density at radius 1 is 1.38 bits per heavy atom. The quantitative estimate of drug-likeness (QED) is 0.833. The van der Waals surface area contributed by atoms with E-state index in [-0.39, 0.29) is 0 Å². The highest BCUT2D eigenvalue weighted by atomic mass is 32.1. The molecule has 1 aromatic heterocycles. The zero-order valence-electron chi connectivity index (χ0n) is 10.7. The van der Waals surface area contributed by atoms with Crippen molar-refractivity contribution in [3.63, 3.8) is 0 Å². The average molecular weight is 237 g/mol. The first-order chi connectivity index (χ1) is 7.70. The van der Waals surface area contributed by atoms with E-state index in [0.717, 1.165) is 18.5 Å². The number of hydrogen-bond acceptors (Lipinski definition) is 2. The summed E-state index contributed by atoms with van der Waals surface area (Å²) in [5.41, 5.74) is 1.44. The monoisotopic (exact) mass is 237 g/mol. The van der Waals surface area contributed by atoms with E-state index in [4.69, 9.17) is 0 Å². The van der Waals surface area contributed by atoms with E-state index in [2.05, 4.69) is 32.2 Å². The minimum atomic E-state index is 0.771. The normalized spacial score (nSPS) is 25.2. The average Bonchev–Trinajstić information content (AvgIpc) is 2.83. The molecule has 2 rings (SSSR count). The van der Waals surface area contributed by atoms with Gasteiger partial charge in [0.15, 0.2) is 0 Å². The minimum Gasteiger partial charge on any atom is -0.309 e. The number of nitrogens with one attached hydrogen (secondary N) is 1. The summed E-state index contributed by atoms with van der Waals surface area (Å²) in [6, 6.07) is 3.11. The van der Waals surface area contributed by atoms with E-state index in [9.17, 15) is 0 Å². The summed E-state index contributed by atoms with van der Waals surface area (Å²) in [6.07, 6.45) is 5.55. The van der Waals surface area contributed by atoms with Crippen molar-refractivity contribution in [3.8, 4) is 0 Å². The van der Waals surface area contributed by atoms with E-state index >= 15 is 0 Å². The van der Waals surface area contributed by atoms with E-state index in [0.29, 0.717) is 0 Å². The Morgan fingerprint density at radius 2 is 2.19 bits per heavy atom. The Hall–Kier alpha value is -0.340. The topological polar surface area (TPSA) is 12.0 Å². The molecule has 1 heterocycles. The summed E-state index contributed by atoms with van der Waals surface area (Å²) in [5.74, 6) is 0.919. The number of hydrogen-bond donors (Lipinski definition) is 1. The lowest BCUT2D eigenvalue weighted by molar-refractivity contribution is 0.390. The first kappa shape index (κ1) is 12.1. The van der Waals surface area contributed by atoms with Crippen LogP contribution in [0.1, 0.15) is 47.9 Å². The molecule has 0 bridgehead atoms. The zero-order valence-corrected chi connectivity index (χ0v) is 11.5. The molecule has 0 radical (unpaired) electrons. The summed E-state index contributed by atoms with van der Waals surface area (Å²) in [4.78, 5) is 2.96. The van der Waals surface area contributed by atoms with Gasteiger partial charge in [0.25, 0.3) is 0 Å². The van der Waals surface area contributed by atoms with Crippen LogP contribution in [0.25, 0.3) is 0 Å². The molecule has 1 aliphatic carbocycles. The molecule has 1 fully saturated rings. The SMILES string of the molecule is CCC1CCCC1NCc1cc(C)c(C)s1. The van der Waals surface area contributed by atoms with Gasteiger partial charge in [0, 0.05) is 22.3 Å². The van der Waals surface area contributed by atoms with Gasteiger partial charge in [-0.15, -0.1) is 11.3 Å². The predicted octanol–water partition coefficient (Wildman–Crippen LogP) is 4.03. The first-order valence-electron chi connectivity index (χ1n) is 6.50. The molecule has 2 unspecified atom stereocenters. The zero-order chi connectivity index (χ0) is 11.5. The van der Waals surface area contributed by atoms with Gasteiger partial charge in [-0.25, -0.2) is 0 Å². The van der Waals surface area contributed by atoms with Gasteiger partial charge in [-0.2, -0.15) is 0 Å². The fourth-order valence-electron chi connectivity index (χ4n) is 2.76. The Kier molecular flexibility index (Phi) is 4.04. The summed E-state index contributed by atoms with van der Waals surface area (Å²) >= 11 is 1.94. The van der Waals surface area contributed by atoms with Crippen LogP contribution in [0.2, 0.25) is 0 Å². The van der Waals surface area contributed by atoms with Crippen LogP contribution in [0.15, 0.2) is 6.07 Å². The third-order valence-corrected chi connectivity index (χ3v) is 5.09. The van der Waals surface area contributed by atoms with E-state index in [1.165, 1.54) is 41.0 Å². The van der Waals surface area contributed by atoms with Crippen LogP contribution in [-0.4, -0.2) is 6.04 Å². The van der Waals surface area contributed by atoms with Gasteiger partial charge in [-0.05, 0) is 44.2 Å². The molecule has 16 heavy (non-hydrogen) atoms. The molecule has 1 aliphatic rings. The molecular formula is C14H23NS. The van der Waals surface area contributed by atoms with Gasteiger partial charge < -0.3 is 5.32 Å². The second kappa shape index (κ2) is 5.33. The van der Waals surface area contributed by atoms with Crippen LogP contribution in [0, 0.1) is 19.8 Å². The molecule has 1 nitrogen and oxygen atoms in total. The fraction of sp³-hybridized carbons (Fsp3) is 0.714. The van der Waals surface area contributed by atoms with E-state index in [1.54, 1.807) is 0 Å². The maximum Gasteiger partial charge on any atom is 0.0302 e. The maximum absolute atomic E-state index is 3.75. The Bertz CT molecular complexity index is 323. The van der Waals surface area contributed by atoms with Crippen LogP contribution in [-0.2, 0) is 6.54 Å². The molecule has 1 aromatic rings. The molecule has 2 atom stereocenters. The highest BCUT2D eigenvalue weighted by molar-refractivity contribution is 7.12. The van der Waals surface area contributed by atoms with Crippen molar-refractivity contribution >= 4 is 11.3 Å². The summed E-state index contributed by atoms with van der Waals surface area (Å²) in [6.45, 7) is 7.82. The molecule has 90 valence electrons. The Morgan fingerprint density at radius 3 is 2.81 bits per heavy atom. The summed E-state index contributed by atoms with van der Waals surface area (Å²) in [7, 11) is 0. The third-order valence-electron chi connectivity index (χ3n) is 3.94. The smallest absolute Gasteiger partial charge is 0.0302 e. The molecule has 1 N–H and O–H groups in total. The van der Waals surface area contributed by atoms with Crippen molar-refractivity contribution in [2.24, 2.45) is 5.92 Å². The molecule has 0 spiro atoms. The number of thiophene rings is 1. The van der Waals surface area contributed by atoms with E-state index < -0.39 is 0 Å². The Balaban J connectivity index is 1.87. The van der Waals surface area contributed by atoms with Crippen molar-refractivity contribution < 1.29 is 0 Å². The fourth-order valence-corrected chi connectivity index (χ4v) is 3.77. The van der Waals surface area contributed by atoms with Crippen LogP contribution >= 0.6 is 11.3 Å². The lowest BCUT2D eigenvalue weighted by Gasteiger charge is -2.19. The maximum atomic E-state index is 3.75. The van der Waals surface area contributed by atoms with Crippen LogP contribution in [0.5, 0.6) is 0 Å². The molecule has 0 amide bonds. The second-order valence-electron chi connectivity index (χ2n) is 5.04. The van der Waals surface area contributed by atoms with Gasteiger partial charge in [0.1, 0.15) is 0 Å². The molecule has 2 heteroatoms. The highest BCUT2D eigenvalue weighted by Crippen LogP contribution is 2.29. The molecule has 1 saturated carbocycles. The first-order valence-corrected chi connectivity index (χ1v) is 7.31. The van der Waals surface area contributed by atoms with Crippen molar-refractivity contribution in [1.82, 2.24) is 5.32 Å². The van der Waals surface area contributed by atoms with E-state index in [1.807, 2.05) is 11.3 Å². The van der Waals surface area contributed by atoms with Gasteiger partial charge >= 0.3 is 0 Å². The molecular weight excluding hydrogens is 214 g/mol. The van der Waals surface area contributed by atoms with Gasteiger partial charge in [0.05, 0.1) is 0 Å². The van der Waals surface area contributed by atoms with Gasteiger partial charge in [-0.1, -0.05) is 19.8 Å². The van der Waals surface area contributed by atoms with Crippen molar-refractivity contribution in [1.29, 1.82) is 0 Å². The molecule has 0 saturated heterocycles. The van der Waals surface area contributed by atoms with Gasteiger partial charge in [0.2, 0.25) is 0 Å². The molecule has 0 aliphatic heterocycles. The second-order valence-corrected chi connectivity index (χ2v) is 6.38. The highest BCUT2D eigenvalue weighted by Gasteiger charge is 2.24. The van der Waals surface area contributed by atoms with Crippen molar-refractivity contribution in [2.75, 3.05) is 0 Å². The summed E-state index contributed by atoms with van der Waals surface area (Å²) in [5, 5.41) is 3.75. The van der Waals surface area contributed by atoms with Crippen LogP contribution in [0.3, 0.4) is 0 Å².